The third-order valence-electron chi connectivity index (χ3n) is 4.28. The Morgan fingerprint density at radius 2 is 1.75 bits per heavy atom. The van der Waals surface area contributed by atoms with Gasteiger partial charge < -0.3 is 24.8 Å². The summed E-state index contributed by atoms with van der Waals surface area (Å²) in [6.45, 7) is 9.19. The fourth-order valence-corrected chi connectivity index (χ4v) is 3.26. The Labute approximate surface area is 150 Å². The Morgan fingerprint density at radius 1 is 1.10 bits per heavy atom. The van der Waals surface area contributed by atoms with E-state index in [1.165, 1.54) is 24.0 Å². The normalized spacial score (nSPS) is 23.4. The fourth-order valence-electron chi connectivity index (χ4n) is 3.26. The first-order valence-electron chi connectivity index (χ1n) is 6.71. The summed E-state index contributed by atoms with van der Waals surface area (Å²) < 4.78 is 0. The van der Waals surface area contributed by atoms with E-state index < -0.39 is 0 Å². The van der Waals surface area contributed by atoms with Crippen LogP contribution in [0.1, 0.15) is 47.0 Å². The predicted octanol–water partition coefficient (Wildman–Crippen LogP) is -1.24. The third kappa shape index (κ3) is 3.19. The zero-order valence-corrected chi connectivity index (χ0v) is 15.7. The van der Waals surface area contributed by atoms with Crippen molar-refractivity contribution in [2.24, 2.45) is 11.3 Å². The van der Waals surface area contributed by atoms with Crippen LogP contribution in [-0.2, 0) is 21.7 Å². The van der Waals surface area contributed by atoms with E-state index in [1.54, 1.807) is 16.7 Å². The molecular weight excluding hydrogens is 323 g/mol. The number of hydrogen-bond donors (Lipinski definition) is 0. The van der Waals surface area contributed by atoms with Gasteiger partial charge in [-0.25, -0.2) is 5.57 Å². The molecule has 0 spiro atoms. The largest absolute Gasteiger partial charge is 3.00 e. The molecule has 0 aromatic rings. The molecule has 0 amide bonds. The molecule has 0 fully saturated rings. The van der Waals surface area contributed by atoms with Gasteiger partial charge in [0.2, 0.25) is 0 Å². The van der Waals surface area contributed by atoms with Crippen LogP contribution in [0.15, 0.2) is 40.0 Å². The molecule has 3 heteroatoms. The maximum atomic E-state index is 3.81. The van der Waals surface area contributed by atoms with Gasteiger partial charge in [0.25, 0.3) is 0 Å². The van der Waals surface area contributed by atoms with E-state index in [0.29, 0.717) is 5.92 Å². The first-order valence-corrected chi connectivity index (χ1v) is 6.71. The minimum Gasteiger partial charge on any atom is -1.00 e. The van der Waals surface area contributed by atoms with E-state index in [2.05, 4.69) is 45.9 Å². The first kappa shape index (κ1) is 20.3. The molecule has 1 radical (unpaired) electrons. The van der Waals surface area contributed by atoms with Crippen LogP contribution in [0.5, 0.6) is 0 Å². The van der Waals surface area contributed by atoms with Gasteiger partial charge >= 0.3 is 21.7 Å². The maximum Gasteiger partial charge on any atom is 3.00 e. The molecule has 0 saturated heterocycles. The number of allylic oxidation sites excluding steroid dienone is 8. The van der Waals surface area contributed by atoms with Crippen molar-refractivity contribution in [1.82, 2.24) is 0 Å². The Balaban J connectivity index is 0.00000120. The van der Waals surface area contributed by atoms with Crippen LogP contribution in [0.4, 0.5) is 0 Å². The van der Waals surface area contributed by atoms with Crippen molar-refractivity contribution in [3.05, 3.63) is 46.1 Å². The molecule has 0 aromatic heterocycles. The van der Waals surface area contributed by atoms with Crippen LogP contribution in [0, 0.1) is 17.4 Å². The standard InChI is InChI=1S/C17H21.2ClH.Ti/c1-11-6-5-7-12(11)15-10-16(17(2,3)4)14-9-8-13(14)15;;;/h5-6,15H,7-9H2,1-4H3;2*1H;/q-1;;;+3/p-2. The second-order valence-corrected chi connectivity index (χ2v) is 6.52. The van der Waals surface area contributed by atoms with Gasteiger partial charge in [-0.3, -0.25) is 6.08 Å². The second kappa shape index (κ2) is 7.01. The van der Waals surface area contributed by atoms with Gasteiger partial charge in [0.15, 0.2) is 0 Å². The summed E-state index contributed by atoms with van der Waals surface area (Å²) in [4.78, 5) is 0. The Morgan fingerprint density at radius 3 is 2.10 bits per heavy atom. The van der Waals surface area contributed by atoms with Gasteiger partial charge in [0.1, 0.15) is 0 Å². The first-order chi connectivity index (χ1) is 7.98. The minimum atomic E-state index is 0. The van der Waals surface area contributed by atoms with Crippen LogP contribution in [0.2, 0.25) is 0 Å². The molecule has 0 N–H and O–H groups in total. The molecule has 0 heterocycles. The van der Waals surface area contributed by atoms with E-state index in [9.17, 15) is 0 Å². The molecule has 0 saturated carbocycles. The average molecular weight is 344 g/mol. The van der Waals surface area contributed by atoms with Crippen LogP contribution in [-0.4, -0.2) is 0 Å². The summed E-state index contributed by atoms with van der Waals surface area (Å²) in [6.07, 6.45) is 12.1. The zero-order chi connectivity index (χ0) is 12.2. The summed E-state index contributed by atoms with van der Waals surface area (Å²) in [6, 6.07) is 0. The van der Waals surface area contributed by atoms with Crippen molar-refractivity contribution in [2.45, 2.75) is 47.0 Å². The molecule has 107 valence electrons. The van der Waals surface area contributed by atoms with E-state index >= 15 is 0 Å². The summed E-state index contributed by atoms with van der Waals surface area (Å²) in [5.74, 6) is 0.517. The molecule has 3 aliphatic carbocycles. The minimum absolute atomic E-state index is 0. The molecule has 0 aliphatic heterocycles. The van der Waals surface area contributed by atoms with Gasteiger partial charge in [-0.15, -0.1) is 0 Å². The van der Waals surface area contributed by atoms with Gasteiger partial charge in [-0.2, -0.15) is 11.1 Å². The van der Waals surface area contributed by atoms with Crippen molar-refractivity contribution < 1.29 is 46.5 Å². The van der Waals surface area contributed by atoms with Crippen LogP contribution in [0.25, 0.3) is 0 Å². The summed E-state index contributed by atoms with van der Waals surface area (Å²) in [5.41, 5.74) is 8.13. The van der Waals surface area contributed by atoms with Gasteiger partial charge in [0.05, 0.1) is 0 Å². The van der Waals surface area contributed by atoms with Crippen LogP contribution < -0.4 is 24.8 Å². The van der Waals surface area contributed by atoms with Crippen molar-refractivity contribution in [3.8, 4) is 0 Å². The Hall–Kier alpha value is 0.254. The molecule has 0 bridgehead atoms. The van der Waals surface area contributed by atoms with Crippen LogP contribution in [0.3, 0.4) is 0 Å². The zero-order valence-electron chi connectivity index (χ0n) is 12.6. The molecule has 3 rings (SSSR count). The Kier molecular flexibility index (Phi) is 7.10. The number of rotatable bonds is 1. The number of halogens is 2. The van der Waals surface area contributed by atoms with Crippen molar-refractivity contribution in [3.63, 3.8) is 0 Å². The smallest absolute Gasteiger partial charge is 1.00 e. The fraction of sp³-hybridized carbons (Fsp3) is 0.529. The van der Waals surface area contributed by atoms with E-state index in [1.807, 2.05) is 0 Å². The van der Waals surface area contributed by atoms with Crippen molar-refractivity contribution in [1.29, 1.82) is 0 Å². The number of hydrogen-bond acceptors (Lipinski definition) is 0. The van der Waals surface area contributed by atoms with Gasteiger partial charge in [-0.1, -0.05) is 62.8 Å². The average Bonchev–Trinajstić information content (AvgIpc) is 2.67. The summed E-state index contributed by atoms with van der Waals surface area (Å²) in [5, 5.41) is 0. The SMILES string of the molecule is CC1=C(C2[C-]=C(C(C)(C)C)C3=C2CC3)CC=C1.[Cl-].[Cl-].[Ti+3]. The predicted molar refractivity (Wildman–Crippen MR) is 72.4 cm³/mol. The van der Waals surface area contributed by atoms with Gasteiger partial charge in [-0.05, 0) is 18.8 Å². The molecule has 0 aromatic carbocycles. The molecule has 1 unspecified atom stereocenters. The maximum absolute atomic E-state index is 3.81. The topological polar surface area (TPSA) is 0 Å². The van der Waals surface area contributed by atoms with Crippen molar-refractivity contribution in [2.75, 3.05) is 0 Å². The van der Waals surface area contributed by atoms with E-state index in [4.69, 9.17) is 0 Å². The second-order valence-electron chi connectivity index (χ2n) is 6.52. The molecule has 0 nitrogen and oxygen atoms in total. The van der Waals surface area contributed by atoms with Gasteiger partial charge in [0, 0.05) is 0 Å². The van der Waals surface area contributed by atoms with Crippen LogP contribution >= 0.6 is 0 Å². The molecule has 3 aliphatic rings. The van der Waals surface area contributed by atoms with Crippen molar-refractivity contribution >= 4 is 0 Å². The van der Waals surface area contributed by atoms with E-state index in [-0.39, 0.29) is 51.9 Å². The summed E-state index contributed by atoms with van der Waals surface area (Å²) in [7, 11) is 0. The third-order valence-corrected chi connectivity index (χ3v) is 4.28. The Bertz CT molecular complexity index is 502. The molecule has 20 heavy (non-hydrogen) atoms. The molecule has 1 atom stereocenters. The van der Waals surface area contributed by atoms with E-state index in [0.717, 1.165) is 6.42 Å². The molecular formula is C17H21Cl2Ti. The summed E-state index contributed by atoms with van der Waals surface area (Å²) >= 11 is 0. The quantitative estimate of drug-likeness (QED) is 0.413. The monoisotopic (exact) mass is 343 g/mol.